The monoisotopic (exact) mass is 297 g/mol. The second-order valence-corrected chi connectivity index (χ2v) is 6.02. The molecule has 3 rings (SSSR count). The summed E-state index contributed by atoms with van der Waals surface area (Å²) in [5.74, 6) is 0. The van der Waals surface area contributed by atoms with Crippen molar-refractivity contribution in [2.45, 2.75) is 40.9 Å². The molecule has 0 amide bonds. The third kappa shape index (κ3) is 2.44. The first-order chi connectivity index (χ1) is 10.5. The lowest BCUT2D eigenvalue weighted by molar-refractivity contribution is -0.0472. The predicted octanol–water partition coefficient (Wildman–Crippen LogP) is 4.34. The lowest BCUT2D eigenvalue weighted by Gasteiger charge is -2.19. The molecule has 0 N–H and O–H groups in total. The highest BCUT2D eigenvalue weighted by molar-refractivity contribution is 5.72. The van der Waals surface area contributed by atoms with Crippen LogP contribution in [0.4, 0.5) is 0 Å². The minimum Gasteiger partial charge on any atom is -0.345 e. The Hall–Kier alpha value is -1.71. The van der Waals surface area contributed by atoms with Crippen molar-refractivity contribution in [2.24, 2.45) is 0 Å². The van der Waals surface area contributed by atoms with Crippen LogP contribution in [0, 0.1) is 34.6 Å². The van der Waals surface area contributed by atoms with E-state index in [1.54, 1.807) is 0 Å². The van der Waals surface area contributed by atoms with Gasteiger partial charge in [0.1, 0.15) is 0 Å². The molecule has 1 fully saturated rings. The fraction of sp³-hybridized carbons (Fsp3) is 0.421. The maximum Gasteiger partial charge on any atom is 0.201 e. The molecule has 0 spiro atoms. The number of ether oxygens (including phenoxy) is 2. The topological polar surface area (TPSA) is 31.4 Å². The van der Waals surface area contributed by atoms with Crippen molar-refractivity contribution < 1.29 is 9.47 Å². The molecule has 3 heteroatoms. The Morgan fingerprint density at radius 2 is 1.36 bits per heavy atom. The molecule has 1 aliphatic rings. The number of hydrogen-bond donors (Lipinski definition) is 0. The SMILES string of the molecule is Cc1c(C)c(C)c(-c2cccc(C3OCCO3)n2)c(C)c1C. The van der Waals surface area contributed by atoms with E-state index >= 15 is 0 Å². The second-order valence-electron chi connectivity index (χ2n) is 6.02. The molecular formula is C19H23NO2. The van der Waals surface area contributed by atoms with Gasteiger partial charge in [0.25, 0.3) is 0 Å². The zero-order valence-corrected chi connectivity index (χ0v) is 14.0. The smallest absolute Gasteiger partial charge is 0.201 e. The average Bonchev–Trinajstić information content (AvgIpc) is 3.06. The fourth-order valence-corrected chi connectivity index (χ4v) is 3.14. The Labute approximate surface area is 132 Å². The standard InChI is InChI=1S/C19H23NO2/c1-11-12(2)14(4)18(15(5)13(11)3)16-7-6-8-17(20-16)19-21-9-10-22-19/h6-8,19H,9-10H2,1-5H3. The van der Waals surface area contributed by atoms with Gasteiger partial charge in [-0.1, -0.05) is 6.07 Å². The summed E-state index contributed by atoms with van der Waals surface area (Å²) in [7, 11) is 0. The largest absolute Gasteiger partial charge is 0.345 e. The summed E-state index contributed by atoms with van der Waals surface area (Å²) >= 11 is 0. The fourth-order valence-electron chi connectivity index (χ4n) is 3.14. The summed E-state index contributed by atoms with van der Waals surface area (Å²) in [6, 6.07) is 6.08. The van der Waals surface area contributed by atoms with Crippen LogP contribution in [0.3, 0.4) is 0 Å². The van der Waals surface area contributed by atoms with Gasteiger partial charge in [-0.2, -0.15) is 0 Å². The van der Waals surface area contributed by atoms with Gasteiger partial charge in [0.05, 0.1) is 24.6 Å². The van der Waals surface area contributed by atoms with Crippen LogP contribution < -0.4 is 0 Å². The number of benzene rings is 1. The number of hydrogen-bond acceptors (Lipinski definition) is 3. The van der Waals surface area contributed by atoms with E-state index in [9.17, 15) is 0 Å². The minimum atomic E-state index is -0.326. The maximum atomic E-state index is 5.57. The zero-order chi connectivity index (χ0) is 15.9. The number of rotatable bonds is 2. The molecule has 2 heterocycles. The van der Waals surface area contributed by atoms with Crippen molar-refractivity contribution in [3.63, 3.8) is 0 Å². The molecule has 1 aromatic heterocycles. The lowest BCUT2D eigenvalue weighted by atomic mass is 9.88. The second kappa shape index (κ2) is 5.82. The van der Waals surface area contributed by atoms with Gasteiger partial charge in [0, 0.05) is 5.56 Å². The van der Waals surface area contributed by atoms with Crippen LogP contribution in [0.2, 0.25) is 0 Å². The third-order valence-corrected chi connectivity index (χ3v) is 4.89. The van der Waals surface area contributed by atoms with E-state index in [4.69, 9.17) is 14.5 Å². The molecule has 0 unspecified atom stereocenters. The first-order valence-corrected chi connectivity index (χ1v) is 7.78. The highest BCUT2D eigenvalue weighted by atomic mass is 16.7. The van der Waals surface area contributed by atoms with Crippen molar-refractivity contribution in [1.29, 1.82) is 0 Å². The van der Waals surface area contributed by atoms with Gasteiger partial charge in [-0.05, 0) is 74.6 Å². The van der Waals surface area contributed by atoms with E-state index in [2.05, 4.69) is 40.7 Å². The van der Waals surface area contributed by atoms with Gasteiger partial charge in [0.2, 0.25) is 6.29 Å². The molecule has 0 bridgehead atoms. The van der Waals surface area contributed by atoms with Gasteiger partial charge in [-0.15, -0.1) is 0 Å². The lowest BCUT2D eigenvalue weighted by Crippen LogP contribution is -2.04. The van der Waals surface area contributed by atoms with Gasteiger partial charge < -0.3 is 9.47 Å². The van der Waals surface area contributed by atoms with Crippen molar-refractivity contribution in [3.05, 3.63) is 51.7 Å². The molecule has 116 valence electrons. The van der Waals surface area contributed by atoms with Crippen LogP contribution in [0.25, 0.3) is 11.3 Å². The summed E-state index contributed by atoms with van der Waals surface area (Å²) in [6.45, 7) is 12.2. The van der Waals surface area contributed by atoms with Gasteiger partial charge in [-0.3, -0.25) is 0 Å². The molecule has 0 radical (unpaired) electrons. The van der Waals surface area contributed by atoms with Crippen LogP contribution >= 0.6 is 0 Å². The van der Waals surface area contributed by atoms with Gasteiger partial charge in [-0.25, -0.2) is 4.98 Å². The highest BCUT2D eigenvalue weighted by Crippen LogP contribution is 2.34. The normalized spacial score (nSPS) is 15.5. The Morgan fingerprint density at radius 1 is 0.818 bits per heavy atom. The number of nitrogens with zero attached hydrogens (tertiary/aromatic N) is 1. The van der Waals surface area contributed by atoms with Crippen molar-refractivity contribution >= 4 is 0 Å². The van der Waals surface area contributed by atoms with Gasteiger partial charge >= 0.3 is 0 Å². The van der Waals surface area contributed by atoms with Crippen molar-refractivity contribution in [3.8, 4) is 11.3 Å². The van der Waals surface area contributed by atoms with Crippen LogP contribution in [0.5, 0.6) is 0 Å². The van der Waals surface area contributed by atoms with Crippen LogP contribution in [-0.2, 0) is 9.47 Å². The molecule has 1 saturated heterocycles. The van der Waals surface area contributed by atoms with E-state index in [-0.39, 0.29) is 6.29 Å². The zero-order valence-electron chi connectivity index (χ0n) is 14.0. The van der Waals surface area contributed by atoms with E-state index in [0.717, 1.165) is 11.4 Å². The van der Waals surface area contributed by atoms with E-state index in [0.29, 0.717) is 13.2 Å². The molecular weight excluding hydrogens is 274 g/mol. The molecule has 0 atom stereocenters. The molecule has 0 saturated carbocycles. The number of aromatic nitrogens is 1. The molecule has 22 heavy (non-hydrogen) atoms. The molecule has 3 nitrogen and oxygen atoms in total. The molecule has 0 aliphatic carbocycles. The van der Waals surface area contributed by atoms with Crippen LogP contribution in [-0.4, -0.2) is 18.2 Å². The maximum absolute atomic E-state index is 5.57. The Kier molecular flexibility index (Phi) is 4.02. The van der Waals surface area contributed by atoms with Crippen molar-refractivity contribution in [1.82, 2.24) is 4.98 Å². The van der Waals surface area contributed by atoms with E-state index in [1.807, 2.05) is 12.1 Å². The predicted molar refractivity (Wildman–Crippen MR) is 88.0 cm³/mol. The Bertz CT molecular complexity index is 687. The molecule has 1 aliphatic heterocycles. The van der Waals surface area contributed by atoms with E-state index < -0.39 is 0 Å². The number of pyridine rings is 1. The van der Waals surface area contributed by atoms with Crippen LogP contribution in [0.1, 0.15) is 39.8 Å². The molecule has 1 aromatic carbocycles. The summed E-state index contributed by atoms with van der Waals surface area (Å²) in [4.78, 5) is 4.81. The highest BCUT2D eigenvalue weighted by Gasteiger charge is 2.21. The summed E-state index contributed by atoms with van der Waals surface area (Å²) in [5, 5.41) is 0. The minimum absolute atomic E-state index is 0.326. The van der Waals surface area contributed by atoms with Crippen LogP contribution in [0.15, 0.2) is 18.2 Å². The summed E-state index contributed by atoms with van der Waals surface area (Å²) < 4.78 is 11.1. The van der Waals surface area contributed by atoms with Gasteiger partial charge in [0.15, 0.2) is 0 Å². The first-order valence-electron chi connectivity index (χ1n) is 7.78. The van der Waals surface area contributed by atoms with E-state index in [1.165, 1.54) is 33.4 Å². The average molecular weight is 297 g/mol. The Morgan fingerprint density at radius 3 is 1.95 bits per heavy atom. The third-order valence-electron chi connectivity index (χ3n) is 4.89. The quantitative estimate of drug-likeness (QED) is 0.826. The Balaban J connectivity index is 2.14. The first kappa shape index (κ1) is 15.2. The molecule has 2 aromatic rings. The summed E-state index contributed by atoms with van der Waals surface area (Å²) in [6.07, 6.45) is -0.326. The summed E-state index contributed by atoms with van der Waals surface area (Å²) in [5.41, 5.74) is 9.76. The van der Waals surface area contributed by atoms with Crippen molar-refractivity contribution in [2.75, 3.05) is 13.2 Å².